The Bertz CT molecular complexity index is 675. The molecule has 0 aromatic heterocycles. The van der Waals surface area contributed by atoms with Crippen LogP contribution in [-0.4, -0.2) is 61.3 Å². The maximum absolute atomic E-state index is 13.0. The van der Waals surface area contributed by atoms with Crippen LogP contribution in [0.15, 0.2) is 18.2 Å². The van der Waals surface area contributed by atoms with Crippen LogP contribution in [-0.2, 0) is 0 Å². The third-order valence-electron chi connectivity index (χ3n) is 6.03. The highest BCUT2D eigenvalue weighted by atomic mass is 16.6. The van der Waals surface area contributed by atoms with E-state index >= 15 is 0 Å². The Balaban J connectivity index is 1.65. The van der Waals surface area contributed by atoms with Crippen molar-refractivity contribution in [2.75, 3.05) is 39.4 Å². The molecule has 0 radical (unpaired) electrons. The van der Waals surface area contributed by atoms with Gasteiger partial charge in [0.2, 0.25) is 0 Å². The highest BCUT2D eigenvalue weighted by molar-refractivity contribution is 5.75. The number of ether oxygens (including phenoxy) is 2. The maximum Gasteiger partial charge on any atom is 0.317 e. The van der Waals surface area contributed by atoms with Crippen molar-refractivity contribution >= 4 is 6.03 Å². The third kappa shape index (κ3) is 5.35. The van der Waals surface area contributed by atoms with E-state index in [2.05, 4.69) is 44.0 Å². The fourth-order valence-electron chi connectivity index (χ4n) is 4.58. The molecule has 0 aliphatic carbocycles. The minimum absolute atomic E-state index is 0.0447. The minimum atomic E-state index is 0.0447. The molecular weight excluding hydrogens is 366 g/mol. The van der Waals surface area contributed by atoms with Gasteiger partial charge in [-0.25, -0.2) is 4.79 Å². The molecule has 2 amide bonds. The average molecular weight is 404 g/mol. The first kappa shape index (κ1) is 21.8. The average Bonchev–Trinajstić information content (AvgIpc) is 3.22. The van der Waals surface area contributed by atoms with Crippen LogP contribution >= 0.6 is 0 Å². The lowest BCUT2D eigenvalue weighted by atomic mass is 10.0. The quantitative estimate of drug-likeness (QED) is 0.711. The van der Waals surface area contributed by atoms with Gasteiger partial charge in [0.25, 0.3) is 0 Å². The van der Waals surface area contributed by atoms with Gasteiger partial charge in [-0.2, -0.15) is 0 Å². The summed E-state index contributed by atoms with van der Waals surface area (Å²) < 4.78 is 11.4. The van der Waals surface area contributed by atoms with E-state index in [0.29, 0.717) is 31.7 Å². The van der Waals surface area contributed by atoms with Crippen LogP contribution in [0.3, 0.4) is 0 Å². The molecule has 6 nitrogen and oxygen atoms in total. The van der Waals surface area contributed by atoms with Gasteiger partial charge in [-0.3, -0.25) is 4.90 Å². The second kappa shape index (κ2) is 10.2. The largest absolute Gasteiger partial charge is 0.486 e. The van der Waals surface area contributed by atoms with E-state index in [-0.39, 0.29) is 12.1 Å². The second-order valence-electron chi connectivity index (χ2n) is 8.45. The van der Waals surface area contributed by atoms with Crippen molar-refractivity contribution in [1.29, 1.82) is 0 Å². The fraction of sp³-hybridized carbons (Fsp3) is 0.696. The van der Waals surface area contributed by atoms with Crippen LogP contribution in [0.25, 0.3) is 0 Å². The summed E-state index contributed by atoms with van der Waals surface area (Å²) in [4.78, 5) is 17.5. The number of hydrogen-bond acceptors (Lipinski definition) is 4. The Kier molecular flexibility index (Phi) is 7.64. The number of carbonyl (C=O) groups is 1. The summed E-state index contributed by atoms with van der Waals surface area (Å²) in [5.41, 5.74) is 1.13. The number of likely N-dealkylation sites (N-methyl/N-ethyl adjacent to an activating group) is 1. The SMILES string of the molecule is CCN(CC)C(CNC(=O)N1CCCC1c1ccc2c(c1)OCCO2)CC(C)C. The van der Waals surface area contributed by atoms with Crippen molar-refractivity contribution < 1.29 is 14.3 Å². The second-order valence-corrected chi connectivity index (χ2v) is 8.45. The Labute approximate surface area is 175 Å². The summed E-state index contributed by atoms with van der Waals surface area (Å²) in [7, 11) is 0. The van der Waals surface area contributed by atoms with Gasteiger partial charge in [-0.15, -0.1) is 0 Å². The molecule has 1 N–H and O–H groups in total. The molecule has 2 aliphatic heterocycles. The zero-order valence-electron chi connectivity index (χ0n) is 18.4. The number of carbonyl (C=O) groups excluding carboxylic acids is 1. The van der Waals surface area contributed by atoms with E-state index in [1.807, 2.05) is 17.0 Å². The van der Waals surface area contributed by atoms with E-state index in [9.17, 15) is 4.79 Å². The summed E-state index contributed by atoms with van der Waals surface area (Å²) in [5, 5.41) is 3.23. The summed E-state index contributed by atoms with van der Waals surface area (Å²) >= 11 is 0. The van der Waals surface area contributed by atoms with Crippen molar-refractivity contribution in [1.82, 2.24) is 15.1 Å². The highest BCUT2D eigenvalue weighted by Crippen LogP contribution is 2.38. The first-order valence-corrected chi connectivity index (χ1v) is 11.2. The van der Waals surface area contributed by atoms with Gasteiger partial charge < -0.3 is 19.7 Å². The number of hydrogen-bond donors (Lipinski definition) is 1. The number of urea groups is 1. The molecule has 6 heteroatoms. The van der Waals surface area contributed by atoms with E-state index < -0.39 is 0 Å². The summed E-state index contributed by atoms with van der Waals surface area (Å²) in [6, 6.07) is 6.61. The molecule has 1 aromatic rings. The number of amides is 2. The highest BCUT2D eigenvalue weighted by Gasteiger charge is 2.31. The molecule has 1 saturated heterocycles. The number of nitrogens with zero attached hydrogens (tertiary/aromatic N) is 2. The number of nitrogens with one attached hydrogen (secondary N) is 1. The number of fused-ring (bicyclic) bond motifs is 1. The lowest BCUT2D eigenvalue weighted by Crippen LogP contribution is -2.48. The standard InChI is InChI=1S/C23H37N3O3/c1-5-25(6-2)19(14-17(3)4)16-24-23(27)26-11-7-8-20(26)18-9-10-21-22(15-18)29-13-12-28-21/h9-10,15,17,19-20H,5-8,11-14,16H2,1-4H3,(H,24,27). The van der Waals surface area contributed by atoms with E-state index in [1.165, 1.54) is 0 Å². The van der Waals surface area contributed by atoms with Crippen molar-refractivity contribution in [2.24, 2.45) is 5.92 Å². The van der Waals surface area contributed by atoms with Crippen LogP contribution < -0.4 is 14.8 Å². The molecule has 1 fully saturated rings. The third-order valence-corrected chi connectivity index (χ3v) is 6.03. The number of likely N-dealkylation sites (tertiary alicyclic amines) is 1. The van der Waals surface area contributed by atoms with E-state index in [4.69, 9.17) is 9.47 Å². The van der Waals surface area contributed by atoms with Crippen molar-refractivity contribution in [3.8, 4) is 11.5 Å². The Morgan fingerprint density at radius 2 is 1.93 bits per heavy atom. The summed E-state index contributed by atoms with van der Waals surface area (Å²) in [6.07, 6.45) is 3.10. The molecular formula is C23H37N3O3. The number of rotatable bonds is 8. The van der Waals surface area contributed by atoms with Crippen molar-refractivity contribution in [3.05, 3.63) is 23.8 Å². The lowest BCUT2D eigenvalue weighted by Gasteiger charge is -2.32. The molecule has 2 heterocycles. The maximum atomic E-state index is 13.0. The molecule has 0 spiro atoms. The predicted molar refractivity (Wildman–Crippen MR) is 116 cm³/mol. The molecule has 1 aromatic carbocycles. The van der Waals surface area contributed by atoms with Gasteiger partial charge in [0, 0.05) is 19.1 Å². The van der Waals surface area contributed by atoms with Gasteiger partial charge in [0.05, 0.1) is 6.04 Å². The molecule has 2 aliphatic rings. The van der Waals surface area contributed by atoms with Gasteiger partial charge in [-0.1, -0.05) is 33.8 Å². The zero-order valence-corrected chi connectivity index (χ0v) is 18.4. The Morgan fingerprint density at radius 1 is 1.21 bits per heavy atom. The fourth-order valence-corrected chi connectivity index (χ4v) is 4.58. The Morgan fingerprint density at radius 3 is 2.62 bits per heavy atom. The Hall–Kier alpha value is -1.95. The number of benzene rings is 1. The van der Waals surface area contributed by atoms with Crippen molar-refractivity contribution in [3.63, 3.8) is 0 Å². The molecule has 3 rings (SSSR count). The van der Waals surface area contributed by atoms with Crippen LogP contribution in [0.2, 0.25) is 0 Å². The van der Waals surface area contributed by atoms with E-state index in [1.54, 1.807) is 0 Å². The monoisotopic (exact) mass is 403 g/mol. The van der Waals surface area contributed by atoms with Gasteiger partial charge >= 0.3 is 6.03 Å². The normalized spacial score (nSPS) is 19.7. The first-order valence-electron chi connectivity index (χ1n) is 11.2. The van der Waals surface area contributed by atoms with Crippen LogP contribution in [0.4, 0.5) is 4.79 Å². The molecule has 0 bridgehead atoms. The zero-order chi connectivity index (χ0) is 20.8. The summed E-state index contributed by atoms with van der Waals surface area (Å²) in [6.45, 7) is 13.6. The molecule has 0 saturated carbocycles. The molecule has 162 valence electrons. The molecule has 29 heavy (non-hydrogen) atoms. The van der Waals surface area contributed by atoms with Gasteiger partial charge in [-0.05, 0) is 56.0 Å². The minimum Gasteiger partial charge on any atom is -0.486 e. The smallest absolute Gasteiger partial charge is 0.317 e. The first-order chi connectivity index (χ1) is 14.0. The van der Waals surface area contributed by atoms with E-state index in [0.717, 1.165) is 56.0 Å². The molecule has 2 atom stereocenters. The van der Waals surface area contributed by atoms with Crippen LogP contribution in [0, 0.1) is 5.92 Å². The molecule has 2 unspecified atom stereocenters. The van der Waals surface area contributed by atoms with Crippen molar-refractivity contribution in [2.45, 2.75) is 59.0 Å². The lowest BCUT2D eigenvalue weighted by molar-refractivity contribution is 0.166. The van der Waals surface area contributed by atoms with Crippen LogP contribution in [0.5, 0.6) is 11.5 Å². The van der Waals surface area contributed by atoms with Crippen LogP contribution in [0.1, 0.15) is 58.6 Å². The van der Waals surface area contributed by atoms with Gasteiger partial charge in [0.1, 0.15) is 13.2 Å². The summed E-state index contributed by atoms with van der Waals surface area (Å²) in [5.74, 6) is 2.19. The van der Waals surface area contributed by atoms with Gasteiger partial charge in [0.15, 0.2) is 11.5 Å². The topological polar surface area (TPSA) is 54.0 Å². The predicted octanol–water partition coefficient (Wildman–Crippen LogP) is 4.06.